The summed E-state index contributed by atoms with van der Waals surface area (Å²) in [6, 6.07) is 9.94. The number of nitrogens with two attached hydrogens (primary N) is 1. The quantitative estimate of drug-likeness (QED) is 0.202. The van der Waals surface area contributed by atoms with Crippen LogP contribution in [0.5, 0.6) is 5.75 Å². The third-order valence-corrected chi connectivity index (χ3v) is 8.21. The minimum absolute atomic E-state index is 0.0125. The average Bonchev–Trinajstić information content (AvgIpc) is 2.99. The van der Waals surface area contributed by atoms with Crippen LogP contribution in [0.3, 0.4) is 0 Å². The van der Waals surface area contributed by atoms with Crippen molar-refractivity contribution in [3.05, 3.63) is 64.7 Å². The van der Waals surface area contributed by atoms with Gasteiger partial charge in [-0.25, -0.2) is 4.79 Å². The molecule has 0 heterocycles. The third kappa shape index (κ3) is 5.05. The van der Waals surface area contributed by atoms with E-state index in [1.807, 2.05) is 0 Å². The molecule has 212 valence electrons. The zero-order chi connectivity index (χ0) is 29.3. The molecule has 0 bridgehead atoms. The van der Waals surface area contributed by atoms with Gasteiger partial charge in [0.2, 0.25) is 5.91 Å². The second-order valence-corrected chi connectivity index (χ2v) is 10.6. The molecule has 6 atom stereocenters. The van der Waals surface area contributed by atoms with Crippen LogP contribution in [0.25, 0.3) is 0 Å². The fourth-order valence-electron chi connectivity index (χ4n) is 5.85. The molecule has 1 aliphatic rings. The number of aliphatic hydroxyl groups excluding tert-OH is 1. The van der Waals surface area contributed by atoms with Crippen LogP contribution >= 0.6 is 0 Å². The summed E-state index contributed by atoms with van der Waals surface area (Å²) in [5.41, 5.74) is 1.51. The maximum absolute atomic E-state index is 13.0. The van der Waals surface area contributed by atoms with E-state index >= 15 is 0 Å². The van der Waals surface area contributed by atoms with Crippen molar-refractivity contribution >= 4 is 17.7 Å². The number of hydrogen-bond acceptors (Lipinski definition) is 9. The number of amides is 1. The highest BCUT2D eigenvalue weighted by Crippen LogP contribution is 2.52. The van der Waals surface area contributed by atoms with Gasteiger partial charge in [0, 0.05) is 23.9 Å². The molecule has 1 amide bonds. The summed E-state index contributed by atoms with van der Waals surface area (Å²) in [5.74, 6) is -3.01. The highest BCUT2D eigenvalue weighted by molar-refractivity contribution is 5.94. The highest BCUT2D eigenvalue weighted by atomic mass is 16.5. The number of carbonyl (C=O) groups is 3. The zero-order valence-corrected chi connectivity index (χ0v) is 22.9. The van der Waals surface area contributed by atoms with Crippen LogP contribution in [0.1, 0.15) is 66.0 Å². The molecule has 0 aromatic heterocycles. The molecule has 39 heavy (non-hydrogen) atoms. The highest BCUT2D eigenvalue weighted by Gasteiger charge is 2.75. The lowest BCUT2D eigenvalue weighted by Gasteiger charge is -2.48. The maximum Gasteiger partial charge on any atom is 0.342 e. The molecule has 0 radical (unpaired) electrons. The molecule has 2 aromatic rings. The van der Waals surface area contributed by atoms with Gasteiger partial charge < -0.3 is 36.2 Å². The number of phenolic OH excluding ortho intramolecular Hbond substituents is 1. The Kier molecular flexibility index (Phi) is 8.57. The van der Waals surface area contributed by atoms with Crippen molar-refractivity contribution in [2.75, 3.05) is 6.61 Å². The summed E-state index contributed by atoms with van der Waals surface area (Å²) < 4.78 is 5.48. The van der Waals surface area contributed by atoms with Gasteiger partial charge in [-0.3, -0.25) is 9.59 Å². The number of hydrogen-bond donors (Lipinski definition) is 6. The molecule has 0 spiro atoms. The Morgan fingerprint density at radius 3 is 2.36 bits per heavy atom. The lowest BCUT2D eigenvalue weighted by Crippen LogP contribution is -2.76. The second-order valence-electron chi connectivity index (χ2n) is 10.6. The van der Waals surface area contributed by atoms with Gasteiger partial charge in [-0.1, -0.05) is 37.3 Å². The van der Waals surface area contributed by atoms with Crippen LogP contribution < -0.4 is 11.1 Å². The van der Waals surface area contributed by atoms with Crippen molar-refractivity contribution in [3.63, 3.8) is 0 Å². The molecule has 0 aliphatic heterocycles. The number of aromatic hydroxyl groups is 1. The zero-order valence-electron chi connectivity index (χ0n) is 22.9. The largest absolute Gasteiger partial charge is 0.507 e. The van der Waals surface area contributed by atoms with Crippen LogP contribution in [-0.4, -0.2) is 73.6 Å². The van der Waals surface area contributed by atoms with Crippen LogP contribution in [0.15, 0.2) is 42.5 Å². The predicted molar refractivity (Wildman–Crippen MR) is 143 cm³/mol. The number of rotatable bonds is 9. The number of Topliss-reactive ketones (excluding diaryl/α,β-unsaturated/α-hetero) is 1. The van der Waals surface area contributed by atoms with E-state index < -0.39 is 53.3 Å². The number of aryl methyl sites for hydroxylation is 1. The fraction of sp³-hybridized carbons (Fsp3) is 0.483. The summed E-state index contributed by atoms with van der Waals surface area (Å²) in [6.07, 6.45) is -1.41. The van der Waals surface area contributed by atoms with Gasteiger partial charge in [0.05, 0.1) is 6.10 Å². The van der Waals surface area contributed by atoms with Crippen molar-refractivity contribution in [3.8, 4) is 5.75 Å². The molecule has 1 aliphatic carbocycles. The first-order chi connectivity index (χ1) is 18.1. The fourth-order valence-corrected chi connectivity index (χ4v) is 5.85. The van der Waals surface area contributed by atoms with E-state index in [9.17, 15) is 34.8 Å². The van der Waals surface area contributed by atoms with E-state index in [0.29, 0.717) is 16.7 Å². The first-order valence-electron chi connectivity index (χ1n) is 12.9. The van der Waals surface area contributed by atoms with Crippen LogP contribution in [0, 0.1) is 12.8 Å². The topological polar surface area (TPSA) is 179 Å². The molecule has 0 unspecified atom stereocenters. The maximum atomic E-state index is 13.0. The van der Waals surface area contributed by atoms with Gasteiger partial charge >= 0.3 is 5.97 Å². The molecule has 1 saturated carbocycles. The molecule has 0 saturated heterocycles. The van der Waals surface area contributed by atoms with E-state index in [1.54, 1.807) is 50.2 Å². The number of ether oxygens (including phenoxy) is 1. The normalized spacial score (nSPS) is 29.1. The second kappa shape index (κ2) is 11.1. The molecule has 10 heteroatoms. The Morgan fingerprint density at radius 2 is 1.79 bits per heavy atom. The molecule has 1 fully saturated rings. The first-order valence-corrected chi connectivity index (χ1v) is 12.9. The number of nitrogens with one attached hydrogen (secondary N) is 1. The number of benzene rings is 2. The molecular formula is C29H38N2O8. The monoisotopic (exact) mass is 542 g/mol. The minimum Gasteiger partial charge on any atom is -0.507 e. The number of phenols is 1. The van der Waals surface area contributed by atoms with Crippen LogP contribution in [0.2, 0.25) is 0 Å². The minimum atomic E-state index is -2.31. The molecule has 3 rings (SSSR count). The van der Waals surface area contributed by atoms with Crippen molar-refractivity contribution in [2.24, 2.45) is 11.7 Å². The van der Waals surface area contributed by atoms with Crippen LogP contribution in [-0.2, 0) is 16.0 Å². The number of carbonyl (C=O) groups excluding carboxylic acids is 3. The summed E-state index contributed by atoms with van der Waals surface area (Å²) >= 11 is 0. The van der Waals surface area contributed by atoms with E-state index in [0.717, 1.165) is 0 Å². The predicted octanol–water partition coefficient (Wildman–Crippen LogP) is 1.39. The van der Waals surface area contributed by atoms with E-state index in [-0.39, 0.29) is 29.9 Å². The Hall–Kier alpha value is -3.31. The van der Waals surface area contributed by atoms with Gasteiger partial charge in [-0.15, -0.1) is 0 Å². The summed E-state index contributed by atoms with van der Waals surface area (Å²) in [4.78, 5) is 37.6. The van der Waals surface area contributed by atoms with Gasteiger partial charge in [0.1, 0.15) is 34.7 Å². The number of ketones is 1. The van der Waals surface area contributed by atoms with E-state index in [2.05, 4.69) is 5.32 Å². The molecule has 7 N–H and O–H groups in total. The van der Waals surface area contributed by atoms with Gasteiger partial charge in [0.15, 0.2) is 5.78 Å². The molecule has 10 nitrogen and oxygen atoms in total. The smallest absolute Gasteiger partial charge is 0.342 e. The Labute approximate surface area is 227 Å². The Bertz CT molecular complexity index is 1240. The van der Waals surface area contributed by atoms with Crippen molar-refractivity contribution < 1.29 is 39.5 Å². The van der Waals surface area contributed by atoms with E-state index in [1.165, 1.54) is 26.8 Å². The first kappa shape index (κ1) is 30.2. The number of aliphatic hydroxyl groups is 3. The summed E-state index contributed by atoms with van der Waals surface area (Å²) in [6.45, 7) is 6.43. The number of esters is 1. The average molecular weight is 543 g/mol. The SMILES string of the molecule is CCC(=O)N[C@@]1([C@H](C)O)[C@@H](N)[C@H](Cc2cccc(C(C)=O)c2)[C@](O)(COC(=O)c2c(C)cccc2O)[C@]1(C)O. The lowest BCUT2D eigenvalue weighted by atomic mass is 9.72. The Morgan fingerprint density at radius 1 is 1.15 bits per heavy atom. The standard InChI is InChI=1S/C29H38N2O8/c1-6-23(35)31-29(18(4)33)25(30)21(14-19-10-8-11-20(13-19)17(3)32)28(38,27(29,5)37)15-39-26(36)24-16(2)9-7-12-22(24)34/h7-13,18,21,25,33-34,37-38H,6,14-15,30H2,1-5H3,(H,31,35)/t18-,21-,25-,27-,28+,29-/m0/s1. The summed E-state index contributed by atoms with van der Waals surface area (Å²) in [5, 5.41) is 48.0. The Balaban J connectivity index is 2.12. The molecule has 2 aromatic carbocycles. The van der Waals surface area contributed by atoms with Gasteiger partial charge in [0.25, 0.3) is 0 Å². The van der Waals surface area contributed by atoms with E-state index in [4.69, 9.17) is 10.5 Å². The van der Waals surface area contributed by atoms with Crippen molar-refractivity contribution in [1.82, 2.24) is 5.32 Å². The third-order valence-electron chi connectivity index (χ3n) is 8.21. The van der Waals surface area contributed by atoms with Gasteiger partial charge in [-0.05, 0) is 57.4 Å². The van der Waals surface area contributed by atoms with Gasteiger partial charge in [-0.2, -0.15) is 0 Å². The van der Waals surface area contributed by atoms with Crippen molar-refractivity contribution in [2.45, 2.75) is 76.3 Å². The lowest BCUT2D eigenvalue weighted by molar-refractivity contribution is -0.197. The van der Waals surface area contributed by atoms with Crippen LogP contribution in [0.4, 0.5) is 0 Å². The van der Waals surface area contributed by atoms with Crippen molar-refractivity contribution in [1.29, 1.82) is 0 Å². The summed E-state index contributed by atoms with van der Waals surface area (Å²) in [7, 11) is 0. The molecular weight excluding hydrogens is 504 g/mol.